The summed E-state index contributed by atoms with van der Waals surface area (Å²) in [4.78, 5) is 58.2. The van der Waals surface area contributed by atoms with Gasteiger partial charge in [-0.3, -0.25) is 34.3 Å². The molecule has 0 aromatic heterocycles. The number of anilines is 2. The van der Waals surface area contributed by atoms with Gasteiger partial charge in [0, 0.05) is 43.3 Å². The van der Waals surface area contributed by atoms with Crippen molar-refractivity contribution in [3.63, 3.8) is 0 Å². The Bertz CT molecular complexity index is 1900. The molecule has 0 spiro atoms. The Labute approximate surface area is 337 Å². The quantitative estimate of drug-likeness (QED) is 0.147. The molecule has 3 atom stereocenters. The maximum Gasteiger partial charge on any atom is 0.417 e. The normalized spacial score (nSPS) is 26.0. The zero-order chi connectivity index (χ0) is 41.2. The van der Waals surface area contributed by atoms with Gasteiger partial charge in [-0.2, -0.15) is 18.4 Å². The number of halogens is 3. The second kappa shape index (κ2) is 17.2. The lowest BCUT2D eigenvalue weighted by Gasteiger charge is -2.44. The van der Waals surface area contributed by atoms with Gasteiger partial charge in [0.1, 0.15) is 5.54 Å². The van der Waals surface area contributed by atoms with Crippen molar-refractivity contribution < 1.29 is 32.3 Å². The van der Waals surface area contributed by atoms with Crippen molar-refractivity contribution in [1.82, 2.24) is 20.0 Å². The van der Waals surface area contributed by atoms with Crippen LogP contribution in [-0.2, 0) is 25.4 Å². The van der Waals surface area contributed by atoms with Gasteiger partial charge in [-0.1, -0.05) is 25.0 Å². The fourth-order valence-corrected chi connectivity index (χ4v) is 9.82. The van der Waals surface area contributed by atoms with Gasteiger partial charge in [0.2, 0.25) is 17.7 Å². The number of piperazine rings is 1. The molecule has 11 nitrogen and oxygen atoms in total. The molecule has 3 saturated heterocycles. The zero-order valence-electron chi connectivity index (χ0n) is 33.0. The Kier molecular flexibility index (Phi) is 12.8. The van der Waals surface area contributed by atoms with E-state index in [0.717, 1.165) is 82.3 Å². The molecule has 57 heavy (non-hydrogen) atoms. The summed E-state index contributed by atoms with van der Waals surface area (Å²) in [5.41, 5.74) is -1.10. The molecule has 4 amide bonds. The van der Waals surface area contributed by atoms with Crippen molar-refractivity contribution in [2.24, 2.45) is 5.92 Å². The monoisotopic (exact) mass is 807 g/mol. The number of unbranched alkanes of at least 4 members (excludes halogenated alkanes) is 1. The van der Waals surface area contributed by atoms with Crippen molar-refractivity contribution in [2.45, 2.75) is 121 Å². The van der Waals surface area contributed by atoms with Crippen LogP contribution in [0.1, 0.15) is 108 Å². The molecule has 306 valence electrons. The summed E-state index contributed by atoms with van der Waals surface area (Å²) in [6.45, 7) is 10.9. The summed E-state index contributed by atoms with van der Waals surface area (Å²) in [6.07, 6.45) is 2.99. The fourth-order valence-electron chi connectivity index (χ4n) is 9.25. The lowest BCUT2D eigenvalue weighted by molar-refractivity contribution is -0.138. The molecule has 6 rings (SSSR count). The summed E-state index contributed by atoms with van der Waals surface area (Å²) in [7, 11) is 0. The summed E-state index contributed by atoms with van der Waals surface area (Å²) in [5, 5.41) is 14.8. The minimum atomic E-state index is -4.74. The van der Waals surface area contributed by atoms with Crippen molar-refractivity contribution >= 4 is 52.3 Å². The van der Waals surface area contributed by atoms with E-state index < -0.39 is 22.8 Å². The fraction of sp³-hybridized carbons (Fsp3) is 0.571. The van der Waals surface area contributed by atoms with Crippen molar-refractivity contribution in [2.75, 3.05) is 36.4 Å². The molecule has 4 fully saturated rings. The number of thiocarbonyl (C=S) groups is 1. The van der Waals surface area contributed by atoms with Gasteiger partial charge in [0.25, 0.3) is 5.91 Å². The first-order valence-electron chi connectivity index (χ1n) is 20.0. The summed E-state index contributed by atoms with van der Waals surface area (Å²) in [6, 6.07) is 12.5. The first kappa shape index (κ1) is 42.2. The highest BCUT2D eigenvalue weighted by atomic mass is 32.1. The molecule has 15 heteroatoms. The van der Waals surface area contributed by atoms with E-state index in [-0.39, 0.29) is 65.0 Å². The van der Waals surface area contributed by atoms with Crippen LogP contribution in [-0.4, -0.2) is 93.3 Å². The van der Waals surface area contributed by atoms with Crippen LogP contribution in [0.5, 0.6) is 0 Å². The third-order valence-electron chi connectivity index (χ3n) is 12.3. The van der Waals surface area contributed by atoms with E-state index in [4.69, 9.17) is 12.2 Å². The molecular weight excluding hydrogens is 756 g/mol. The van der Waals surface area contributed by atoms with E-state index in [0.29, 0.717) is 24.4 Å². The molecule has 2 aromatic rings. The number of carbonyl (C=O) groups is 4. The number of nitrogens with zero attached hydrogens (tertiary/aromatic N) is 5. The van der Waals surface area contributed by atoms with Gasteiger partial charge in [-0.15, -0.1) is 0 Å². The summed E-state index contributed by atoms with van der Waals surface area (Å²) < 4.78 is 41.2. The summed E-state index contributed by atoms with van der Waals surface area (Å²) >= 11 is 5.76. The molecule has 1 saturated carbocycles. The molecule has 4 aliphatic rings. The van der Waals surface area contributed by atoms with Gasteiger partial charge in [0.15, 0.2) is 5.11 Å². The minimum absolute atomic E-state index is 0.00469. The second-order valence-electron chi connectivity index (χ2n) is 16.7. The number of alkyl halides is 3. The van der Waals surface area contributed by atoms with Crippen LogP contribution in [0.25, 0.3) is 0 Å². The first-order valence-corrected chi connectivity index (χ1v) is 20.4. The third-order valence-corrected chi connectivity index (χ3v) is 12.7. The van der Waals surface area contributed by atoms with E-state index in [2.05, 4.69) is 34.3 Å². The maximum absolute atomic E-state index is 13.7. The number of nitrogens with one attached hydrogen (secondary N) is 2. The number of imide groups is 1. The SMILES string of the molecule is C[C@@H]1CN(CCCCC2CCC(N3C(=S)N(c4ccc(C#N)c(C(F)(F)F)c4)C(=O)C3(C)C)CC2)C[C@H](C)N1CC(=O)Nc1ccc(C2CCC(=O)NC2=O)cc1. The van der Waals surface area contributed by atoms with Gasteiger partial charge >= 0.3 is 6.18 Å². The molecule has 1 unspecified atom stereocenters. The smallest absolute Gasteiger partial charge is 0.331 e. The van der Waals surface area contributed by atoms with Crippen LogP contribution in [0.2, 0.25) is 0 Å². The van der Waals surface area contributed by atoms with Crippen molar-refractivity contribution in [3.8, 4) is 6.07 Å². The average Bonchev–Trinajstić information content (AvgIpc) is 3.33. The number of benzene rings is 2. The molecule has 1 aliphatic carbocycles. The Hall–Kier alpha value is -4.39. The average molecular weight is 808 g/mol. The summed E-state index contributed by atoms with van der Waals surface area (Å²) in [5.74, 6) is -0.804. The van der Waals surface area contributed by atoms with E-state index in [1.54, 1.807) is 32.0 Å². The lowest BCUT2D eigenvalue weighted by atomic mass is 9.81. The number of amides is 4. The zero-order valence-corrected chi connectivity index (χ0v) is 33.8. The highest BCUT2D eigenvalue weighted by Gasteiger charge is 2.52. The van der Waals surface area contributed by atoms with E-state index in [1.807, 2.05) is 17.0 Å². The Morgan fingerprint density at radius 3 is 2.26 bits per heavy atom. The number of hydrogen-bond acceptors (Lipinski definition) is 8. The predicted molar refractivity (Wildman–Crippen MR) is 214 cm³/mol. The number of nitriles is 1. The van der Waals surface area contributed by atoms with Crippen LogP contribution in [0.4, 0.5) is 24.5 Å². The van der Waals surface area contributed by atoms with Crippen LogP contribution in [0, 0.1) is 17.2 Å². The van der Waals surface area contributed by atoms with Gasteiger partial charge in [0.05, 0.1) is 35.3 Å². The molecule has 2 aromatic carbocycles. The number of carbonyl (C=O) groups excluding carboxylic acids is 4. The highest BCUT2D eigenvalue weighted by molar-refractivity contribution is 7.80. The third kappa shape index (κ3) is 9.34. The van der Waals surface area contributed by atoms with Crippen molar-refractivity contribution in [1.29, 1.82) is 5.26 Å². The van der Waals surface area contributed by atoms with E-state index in [9.17, 15) is 37.6 Å². The Balaban J connectivity index is 0.918. The van der Waals surface area contributed by atoms with Crippen LogP contribution < -0.4 is 15.5 Å². The van der Waals surface area contributed by atoms with Gasteiger partial charge in [-0.25, -0.2) is 0 Å². The molecule has 0 radical (unpaired) electrons. The number of hydrogen-bond donors (Lipinski definition) is 2. The maximum atomic E-state index is 13.7. The Morgan fingerprint density at radius 2 is 1.65 bits per heavy atom. The van der Waals surface area contributed by atoms with Gasteiger partial charge in [-0.05, 0) is 127 Å². The van der Waals surface area contributed by atoms with Crippen LogP contribution in [0.15, 0.2) is 42.5 Å². The molecule has 3 heterocycles. The topological polar surface area (TPSA) is 129 Å². The van der Waals surface area contributed by atoms with Crippen LogP contribution >= 0.6 is 12.2 Å². The molecular formula is C42H52F3N7O4S. The predicted octanol–water partition coefficient (Wildman–Crippen LogP) is 6.57. The molecule has 2 N–H and O–H groups in total. The number of piperidine rings is 1. The minimum Gasteiger partial charge on any atom is -0.331 e. The van der Waals surface area contributed by atoms with E-state index in [1.165, 1.54) is 11.0 Å². The Morgan fingerprint density at radius 1 is 0.982 bits per heavy atom. The molecule has 0 bridgehead atoms. The first-order chi connectivity index (χ1) is 27.0. The van der Waals surface area contributed by atoms with Gasteiger partial charge < -0.3 is 15.1 Å². The van der Waals surface area contributed by atoms with Crippen molar-refractivity contribution in [3.05, 3.63) is 59.2 Å². The van der Waals surface area contributed by atoms with Crippen LogP contribution in [0.3, 0.4) is 0 Å². The van der Waals surface area contributed by atoms with E-state index >= 15 is 0 Å². The lowest BCUT2D eigenvalue weighted by Crippen LogP contribution is -2.58. The number of rotatable bonds is 11. The second-order valence-corrected chi connectivity index (χ2v) is 17.0. The molecule has 3 aliphatic heterocycles. The highest BCUT2D eigenvalue weighted by Crippen LogP contribution is 2.41. The largest absolute Gasteiger partial charge is 0.417 e. The standard InChI is InChI=1S/C42H52F3N7O4S/c1-26-23-49(24-27(2)50(26)25-37(54)47-31-13-10-29(11-14-31)34-18-19-36(53)48-38(34)55)20-6-5-7-28-8-15-32(16-9-28)52-40(57)51(39(56)41(52,3)4)33-17-12-30(22-46)35(21-33)42(43,44)45/h10-14,17,21,26-28,32,34H,5-9,15-16,18-20,23-25H2,1-4H3,(H,47,54)(H,48,53,55)/t26-,27+,28?,32?,34?.